The quantitative estimate of drug-likeness (QED) is 0.123. The SMILES string of the molecule is C.CC#N.CCl.CN(C)C.COCCCl.COCCCl.COCCO.COCC[N+](C)(C)C.COCC[N+](C)(C)C.COCC[N+](C)(C)C.COCC[N+](C)(C)C.O.[Cl-].[Cl-]. The molecule has 0 aromatic heterocycles. The molecule has 0 unspecified atom stereocenters. The standard InChI is InChI=1S/4C6H16NO.2C3H7ClO.C3H9N.C3H8O2.C2H3N.CH3Cl.CH4.2ClH.H2O/c4*1-7(2,3)5-6-8-4;2*1-5-3-2-4;1-4(2)3;1-5-3-2-4;1-2-3;1-2;;;;/h4*5-6H2,1-4H3;2*2-3H2,1H3;1-3H3;4H,2-3H2,1H3;1H3;1H3;1H4;2*1H;1H2/q4*+1;;;;;;;;;;/p-2. The van der Waals surface area contributed by atoms with Crippen molar-refractivity contribution in [2.45, 2.75) is 14.4 Å². The van der Waals surface area contributed by atoms with Crippen LogP contribution < -0.4 is 24.8 Å². The molecule has 0 aliphatic heterocycles. The molecule has 0 fully saturated rings. The molecular weight excluding hydrogens is 886 g/mol. The fourth-order valence-electron chi connectivity index (χ4n) is 1.71. The van der Waals surface area contributed by atoms with Crippen molar-refractivity contribution in [1.29, 1.82) is 5.26 Å². The Kier molecular flexibility index (Phi) is 137. The highest BCUT2D eigenvalue weighted by Crippen LogP contribution is 1.89. The Morgan fingerprint density at radius 3 is 0.617 bits per heavy atom. The highest BCUT2D eigenvalue weighted by Gasteiger charge is 2.05. The first kappa shape index (κ1) is 99.0. The molecule has 15 nitrogen and oxygen atoms in total. The number of alkyl halides is 3. The van der Waals surface area contributed by atoms with Gasteiger partial charge in [-0.15, -0.1) is 34.8 Å². The van der Waals surface area contributed by atoms with Crippen molar-refractivity contribution < 1.29 is 86.5 Å². The highest BCUT2D eigenvalue weighted by atomic mass is 35.5. The molecule has 0 radical (unpaired) electrons. The van der Waals surface area contributed by atoms with Crippen LogP contribution >= 0.6 is 34.8 Å². The van der Waals surface area contributed by atoms with E-state index in [2.05, 4.69) is 110 Å². The molecule has 0 aromatic carbocycles. The lowest BCUT2D eigenvalue weighted by molar-refractivity contribution is -0.870. The summed E-state index contributed by atoms with van der Waals surface area (Å²) in [6.45, 7) is 11.0. The smallest absolute Gasteiger partial charge is 0.102 e. The van der Waals surface area contributed by atoms with E-state index in [-0.39, 0.29) is 44.3 Å². The maximum absolute atomic E-state index is 7.94. The van der Waals surface area contributed by atoms with Crippen molar-refractivity contribution in [1.82, 2.24) is 4.90 Å². The van der Waals surface area contributed by atoms with Gasteiger partial charge >= 0.3 is 0 Å². The lowest BCUT2D eigenvalue weighted by atomic mass is 10.5. The second kappa shape index (κ2) is 83.0. The zero-order valence-electron chi connectivity index (χ0n) is 42.8. The van der Waals surface area contributed by atoms with Gasteiger partial charge in [0.2, 0.25) is 0 Å². The van der Waals surface area contributed by atoms with Crippen LogP contribution in [0.15, 0.2) is 0 Å². The second-order valence-corrected chi connectivity index (χ2v) is 16.4. The Labute approximate surface area is 402 Å². The fourth-order valence-corrected chi connectivity index (χ4v) is 2.01. The lowest BCUT2D eigenvalue weighted by Crippen LogP contribution is -3.00. The Hall–Kier alpha value is 0.380. The Balaban J connectivity index is -0.0000000331. The molecule has 0 heterocycles. The number of aliphatic hydroxyl groups excluding tert-OH is 1. The van der Waals surface area contributed by atoms with E-state index >= 15 is 0 Å². The third kappa shape index (κ3) is 276. The summed E-state index contributed by atoms with van der Waals surface area (Å²) in [5, 5.41) is 15.3. The van der Waals surface area contributed by atoms with Crippen LogP contribution in [0.1, 0.15) is 14.4 Å². The first-order valence-corrected chi connectivity index (χ1v) is 20.1. The molecule has 0 atom stereocenters. The van der Waals surface area contributed by atoms with Gasteiger partial charge in [-0.2, -0.15) is 5.26 Å². The van der Waals surface area contributed by atoms with E-state index in [1.165, 1.54) is 13.3 Å². The number of likely N-dealkylation sites (N-methyl/N-ethyl adjacent to an activating group) is 4. The molecule has 0 aliphatic carbocycles. The van der Waals surface area contributed by atoms with Gasteiger partial charge in [-0.25, -0.2) is 0 Å². The van der Waals surface area contributed by atoms with Crippen molar-refractivity contribution in [3.05, 3.63) is 0 Å². The number of quaternary nitrogens is 4. The van der Waals surface area contributed by atoms with Crippen LogP contribution in [0, 0.1) is 11.3 Å². The summed E-state index contributed by atoms with van der Waals surface area (Å²) in [4.78, 5) is 2.00. The van der Waals surface area contributed by atoms with Gasteiger partial charge in [0.25, 0.3) is 0 Å². The van der Waals surface area contributed by atoms with E-state index in [4.69, 9.17) is 52.5 Å². The predicted octanol–water partition coefficient (Wildman–Crippen LogP) is -1.89. The molecular formula is C40H107Cl5N6O9+2. The minimum Gasteiger partial charge on any atom is -1.00 e. The van der Waals surface area contributed by atoms with E-state index in [0.29, 0.717) is 31.6 Å². The summed E-state index contributed by atoms with van der Waals surface area (Å²) in [7, 11) is 43.6. The molecule has 0 bridgehead atoms. The van der Waals surface area contributed by atoms with E-state index in [1.807, 2.05) is 26.0 Å². The normalized spacial score (nSPS) is 9.33. The van der Waals surface area contributed by atoms with Crippen LogP contribution in [0.2, 0.25) is 0 Å². The molecule has 3 N–H and O–H groups in total. The topological polar surface area (TPSA) is 143 Å². The number of nitriles is 1. The molecule has 0 spiro atoms. The largest absolute Gasteiger partial charge is 1.00 e. The van der Waals surface area contributed by atoms with Gasteiger partial charge in [0.05, 0.1) is 143 Å². The van der Waals surface area contributed by atoms with Gasteiger partial charge in [0, 0.05) is 74.8 Å². The molecule has 0 saturated heterocycles. The summed E-state index contributed by atoms with van der Waals surface area (Å²) in [5.41, 5.74) is 0. The van der Waals surface area contributed by atoms with Crippen LogP contribution in [-0.4, -0.2) is 286 Å². The number of aliphatic hydroxyl groups is 1. The summed E-state index contributed by atoms with van der Waals surface area (Å²) >= 11 is 15.0. The summed E-state index contributed by atoms with van der Waals surface area (Å²) in [6, 6.07) is 1.75. The average Bonchev–Trinajstić information content (AvgIpc) is 3.07. The molecule has 0 aromatic rings. The molecule has 0 saturated carbocycles. The molecule has 0 aliphatic rings. The van der Waals surface area contributed by atoms with Crippen molar-refractivity contribution in [2.24, 2.45) is 0 Å². The molecule has 20 heteroatoms. The number of rotatable bonds is 18. The maximum atomic E-state index is 7.94. The Morgan fingerprint density at radius 1 is 0.467 bits per heavy atom. The lowest BCUT2D eigenvalue weighted by Gasteiger charge is -2.22. The Bertz CT molecular complexity index is 563. The summed E-state index contributed by atoms with van der Waals surface area (Å²) in [6.07, 6.45) is 1.47. The van der Waals surface area contributed by atoms with Gasteiger partial charge < -0.3 is 91.4 Å². The van der Waals surface area contributed by atoms with Gasteiger partial charge in [-0.05, 0) is 21.1 Å². The minimum atomic E-state index is 0. The maximum Gasteiger partial charge on any atom is 0.102 e. The Morgan fingerprint density at radius 2 is 0.600 bits per heavy atom. The zero-order valence-corrected chi connectivity index (χ0v) is 46.6. The first-order valence-electron chi connectivity index (χ1n) is 18.3. The van der Waals surface area contributed by atoms with Crippen LogP contribution in [0.3, 0.4) is 0 Å². The molecule has 0 rings (SSSR count). The number of halogens is 5. The molecule has 0 amide bonds. The number of hydrogen-bond acceptors (Lipinski definition) is 10. The number of methoxy groups -OCH3 is 7. The predicted molar refractivity (Wildman–Crippen MR) is 256 cm³/mol. The van der Waals surface area contributed by atoms with Crippen LogP contribution in [0.4, 0.5) is 0 Å². The van der Waals surface area contributed by atoms with Gasteiger partial charge in [0.15, 0.2) is 0 Å². The van der Waals surface area contributed by atoms with Crippen LogP contribution in [0.5, 0.6) is 0 Å². The van der Waals surface area contributed by atoms with Gasteiger partial charge in [-0.1, -0.05) is 7.43 Å². The third-order valence-electron chi connectivity index (χ3n) is 4.72. The second-order valence-electron chi connectivity index (χ2n) is 15.7. The van der Waals surface area contributed by atoms with E-state index in [1.54, 1.807) is 55.8 Å². The van der Waals surface area contributed by atoms with Crippen molar-refractivity contribution >= 4 is 34.8 Å². The molecule has 384 valence electrons. The monoisotopic (exact) mass is 991 g/mol. The van der Waals surface area contributed by atoms with Crippen LogP contribution in [0.25, 0.3) is 0 Å². The highest BCUT2D eigenvalue weighted by molar-refractivity contribution is 6.18. The van der Waals surface area contributed by atoms with Crippen molar-refractivity contribution in [3.8, 4) is 6.07 Å². The van der Waals surface area contributed by atoms with E-state index in [9.17, 15) is 0 Å². The number of ether oxygens (including phenoxy) is 7. The van der Waals surface area contributed by atoms with Crippen LogP contribution in [-0.2, 0) is 33.2 Å². The van der Waals surface area contributed by atoms with E-state index < -0.39 is 0 Å². The zero-order chi connectivity index (χ0) is 47.1. The van der Waals surface area contributed by atoms with Crippen molar-refractivity contribution in [2.75, 3.05) is 253 Å². The average molecular weight is 994 g/mol. The number of nitrogens with zero attached hydrogens (tertiary/aromatic N) is 6. The van der Waals surface area contributed by atoms with Crippen molar-refractivity contribution in [3.63, 3.8) is 0 Å². The summed E-state index contributed by atoms with van der Waals surface area (Å²) < 4.78 is 37.1. The van der Waals surface area contributed by atoms with E-state index in [0.717, 1.165) is 70.5 Å². The fraction of sp³-hybridized carbons (Fsp3) is 0.975. The first-order chi connectivity index (χ1) is 25.6. The van der Waals surface area contributed by atoms with Gasteiger partial charge in [-0.3, -0.25) is 0 Å². The summed E-state index contributed by atoms with van der Waals surface area (Å²) in [5.74, 6) is 1.19. The van der Waals surface area contributed by atoms with Gasteiger partial charge in [0.1, 0.15) is 26.2 Å². The minimum absolute atomic E-state index is 0. The number of hydrogen-bond donors (Lipinski definition) is 1. The molecule has 60 heavy (non-hydrogen) atoms. The third-order valence-corrected chi connectivity index (χ3v) is 5.03.